The van der Waals surface area contributed by atoms with Gasteiger partial charge in [-0.25, -0.2) is 0 Å². The number of hydrogen-bond acceptors (Lipinski definition) is 2. The zero-order chi connectivity index (χ0) is 12.1. The van der Waals surface area contributed by atoms with Gasteiger partial charge >= 0.3 is 0 Å². The molecule has 0 spiro atoms. The molecule has 0 bridgehead atoms. The number of ether oxygens (including phenoxy) is 1. The molecule has 90 valence electrons. The van der Waals surface area contributed by atoms with E-state index in [4.69, 9.17) is 10.5 Å². The van der Waals surface area contributed by atoms with Crippen molar-refractivity contribution in [3.63, 3.8) is 0 Å². The molecule has 0 heterocycles. The topological polar surface area (TPSA) is 35.2 Å². The van der Waals surface area contributed by atoms with Gasteiger partial charge in [-0.3, -0.25) is 0 Å². The van der Waals surface area contributed by atoms with Gasteiger partial charge in [-0.1, -0.05) is 19.9 Å². The summed E-state index contributed by atoms with van der Waals surface area (Å²) in [5.74, 6) is 0.992. The quantitative estimate of drug-likeness (QED) is 0.826. The molecule has 1 unspecified atom stereocenters. The van der Waals surface area contributed by atoms with Gasteiger partial charge in [0.1, 0.15) is 5.75 Å². The Hall–Kier alpha value is -1.02. The summed E-state index contributed by atoms with van der Waals surface area (Å²) in [7, 11) is 0. The van der Waals surface area contributed by atoms with Gasteiger partial charge in [-0.05, 0) is 49.4 Å². The maximum absolute atomic E-state index is 6.07. The van der Waals surface area contributed by atoms with Crippen LogP contribution in [0, 0.1) is 13.8 Å². The fraction of sp³-hybridized carbons (Fsp3) is 0.571. The molecule has 16 heavy (non-hydrogen) atoms. The molecule has 0 saturated carbocycles. The Balaban J connectivity index is 2.98. The van der Waals surface area contributed by atoms with Gasteiger partial charge in [0.2, 0.25) is 0 Å². The minimum absolute atomic E-state index is 0.138. The first-order chi connectivity index (χ1) is 7.61. The second kappa shape index (κ2) is 5.90. The molecule has 2 N–H and O–H groups in total. The van der Waals surface area contributed by atoms with E-state index in [9.17, 15) is 0 Å². The van der Waals surface area contributed by atoms with Crippen molar-refractivity contribution < 1.29 is 4.74 Å². The highest BCUT2D eigenvalue weighted by Gasteiger charge is 2.11. The van der Waals surface area contributed by atoms with Crippen LogP contribution < -0.4 is 10.5 Å². The van der Waals surface area contributed by atoms with Gasteiger partial charge in [-0.2, -0.15) is 0 Å². The van der Waals surface area contributed by atoms with Crippen molar-refractivity contribution in [1.82, 2.24) is 0 Å². The molecule has 0 fully saturated rings. The van der Waals surface area contributed by atoms with Gasteiger partial charge in [0, 0.05) is 6.04 Å². The third-order valence-corrected chi connectivity index (χ3v) is 3.08. The van der Waals surface area contributed by atoms with Crippen molar-refractivity contribution in [2.45, 2.75) is 46.6 Å². The molecular weight excluding hydrogens is 198 g/mol. The fourth-order valence-corrected chi connectivity index (χ4v) is 1.81. The highest BCUT2D eigenvalue weighted by Crippen LogP contribution is 2.28. The lowest BCUT2D eigenvalue weighted by Gasteiger charge is -2.17. The average molecular weight is 221 g/mol. The molecule has 1 rings (SSSR count). The lowest BCUT2D eigenvalue weighted by Crippen LogP contribution is -2.11. The van der Waals surface area contributed by atoms with Crippen LogP contribution in [-0.2, 0) is 0 Å². The average Bonchev–Trinajstić information content (AvgIpc) is 2.30. The second-order valence-electron chi connectivity index (χ2n) is 4.27. The van der Waals surface area contributed by atoms with Gasteiger partial charge in [0.05, 0.1) is 6.61 Å². The molecule has 1 aromatic carbocycles. The normalized spacial score (nSPS) is 12.6. The number of benzene rings is 1. The van der Waals surface area contributed by atoms with Crippen LogP contribution in [0.4, 0.5) is 0 Å². The van der Waals surface area contributed by atoms with E-state index in [0.29, 0.717) is 0 Å². The van der Waals surface area contributed by atoms with Crippen LogP contribution in [0.25, 0.3) is 0 Å². The summed E-state index contributed by atoms with van der Waals surface area (Å²) in [5.41, 5.74) is 9.80. The summed E-state index contributed by atoms with van der Waals surface area (Å²) in [6.07, 6.45) is 2.00. The number of nitrogens with two attached hydrogens (primary N) is 1. The standard InChI is InChI=1S/C14H23NO/c1-5-9-16-14-8-7-12(13(15)6-2)10(3)11(14)4/h7-8,13H,5-6,9,15H2,1-4H3. The van der Waals surface area contributed by atoms with Crippen LogP contribution in [-0.4, -0.2) is 6.61 Å². The second-order valence-corrected chi connectivity index (χ2v) is 4.27. The molecule has 0 saturated heterocycles. The monoisotopic (exact) mass is 221 g/mol. The van der Waals surface area contributed by atoms with Crippen LogP contribution >= 0.6 is 0 Å². The molecule has 2 heteroatoms. The summed E-state index contributed by atoms with van der Waals surface area (Å²) in [4.78, 5) is 0. The van der Waals surface area contributed by atoms with Crippen molar-refractivity contribution >= 4 is 0 Å². The summed E-state index contributed by atoms with van der Waals surface area (Å²) < 4.78 is 5.69. The van der Waals surface area contributed by atoms with E-state index in [-0.39, 0.29) is 6.04 Å². The summed E-state index contributed by atoms with van der Waals surface area (Å²) >= 11 is 0. The van der Waals surface area contributed by atoms with E-state index in [1.807, 2.05) is 6.07 Å². The first kappa shape index (κ1) is 13.0. The fourth-order valence-electron chi connectivity index (χ4n) is 1.81. The third kappa shape index (κ3) is 2.76. The predicted molar refractivity (Wildman–Crippen MR) is 68.9 cm³/mol. The molecule has 2 nitrogen and oxygen atoms in total. The van der Waals surface area contributed by atoms with Crippen molar-refractivity contribution in [2.24, 2.45) is 5.73 Å². The molecule has 0 aliphatic heterocycles. The zero-order valence-electron chi connectivity index (χ0n) is 10.8. The molecule has 1 atom stereocenters. The van der Waals surface area contributed by atoms with Crippen LogP contribution in [0.2, 0.25) is 0 Å². The van der Waals surface area contributed by atoms with Crippen LogP contribution in [0.1, 0.15) is 49.4 Å². The minimum atomic E-state index is 0.138. The molecule has 0 amide bonds. The largest absolute Gasteiger partial charge is 0.493 e. The minimum Gasteiger partial charge on any atom is -0.493 e. The molecule has 0 radical (unpaired) electrons. The Morgan fingerprint density at radius 1 is 1.19 bits per heavy atom. The zero-order valence-corrected chi connectivity index (χ0v) is 10.8. The van der Waals surface area contributed by atoms with E-state index in [2.05, 4.69) is 33.8 Å². The Kier molecular flexibility index (Phi) is 4.81. The maximum Gasteiger partial charge on any atom is 0.122 e. The van der Waals surface area contributed by atoms with E-state index in [0.717, 1.165) is 25.2 Å². The molecule has 0 aliphatic carbocycles. The Morgan fingerprint density at radius 3 is 2.44 bits per heavy atom. The first-order valence-corrected chi connectivity index (χ1v) is 6.10. The van der Waals surface area contributed by atoms with Gasteiger partial charge < -0.3 is 10.5 Å². The molecule has 0 aromatic heterocycles. The van der Waals surface area contributed by atoms with Gasteiger partial charge in [0.15, 0.2) is 0 Å². The van der Waals surface area contributed by atoms with Crippen molar-refractivity contribution in [3.05, 3.63) is 28.8 Å². The number of hydrogen-bond donors (Lipinski definition) is 1. The van der Waals surface area contributed by atoms with Crippen LogP contribution in [0.3, 0.4) is 0 Å². The highest BCUT2D eigenvalue weighted by molar-refractivity contribution is 5.44. The molecular formula is C14H23NO. The van der Waals surface area contributed by atoms with E-state index in [1.165, 1.54) is 16.7 Å². The summed E-state index contributed by atoms with van der Waals surface area (Å²) in [5, 5.41) is 0. The predicted octanol–water partition coefficient (Wildman–Crippen LogP) is 3.50. The van der Waals surface area contributed by atoms with Crippen LogP contribution in [0.5, 0.6) is 5.75 Å². The lowest BCUT2D eigenvalue weighted by molar-refractivity contribution is 0.315. The van der Waals surface area contributed by atoms with Crippen molar-refractivity contribution in [2.75, 3.05) is 6.61 Å². The van der Waals surface area contributed by atoms with E-state index >= 15 is 0 Å². The maximum atomic E-state index is 6.07. The van der Waals surface area contributed by atoms with E-state index < -0.39 is 0 Å². The summed E-state index contributed by atoms with van der Waals surface area (Å²) in [6.45, 7) is 9.23. The van der Waals surface area contributed by atoms with Crippen molar-refractivity contribution in [3.8, 4) is 5.75 Å². The van der Waals surface area contributed by atoms with Crippen LogP contribution in [0.15, 0.2) is 12.1 Å². The Morgan fingerprint density at radius 2 is 1.88 bits per heavy atom. The van der Waals surface area contributed by atoms with Gasteiger partial charge in [0.25, 0.3) is 0 Å². The Labute approximate surface area is 98.8 Å². The SMILES string of the molecule is CCCOc1ccc(C(N)CC)c(C)c1C. The molecule has 0 aliphatic rings. The Bertz CT molecular complexity index is 347. The summed E-state index contributed by atoms with van der Waals surface area (Å²) in [6, 6.07) is 4.28. The third-order valence-electron chi connectivity index (χ3n) is 3.08. The smallest absolute Gasteiger partial charge is 0.122 e. The van der Waals surface area contributed by atoms with E-state index in [1.54, 1.807) is 0 Å². The number of rotatable bonds is 5. The lowest BCUT2D eigenvalue weighted by atomic mass is 9.96. The van der Waals surface area contributed by atoms with Crippen molar-refractivity contribution in [1.29, 1.82) is 0 Å². The van der Waals surface area contributed by atoms with Gasteiger partial charge in [-0.15, -0.1) is 0 Å². The highest BCUT2D eigenvalue weighted by atomic mass is 16.5. The molecule has 1 aromatic rings. The first-order valence-electron chi connectivity index (χ1n) is 6.10.